The Hall–Kier alpha value is -0.0800. The lowest BCUT2D eigenvalue weighted by Gasteiger charge is -2.27. The zero-order chi connectivity index (χ0) is 10.6. The maximum Gasteiger partial charge on any atom is 0.0474 e. The van der Waals surface area contributed by atoms with Crippen LogP contribution in [0, 0.1) is 11.8 Å². The molecule has 0 bridgehead atoms. The Morgan fingerprint density at radius 3 is 2.64 bits per heavy atom. The van der Waals surface area contributed by atoms with E-state index in [0.717, 1.165) is 5.92 Å². The monoisotopic (exact) mass is 199 g/mol. The van der Waals surface area contributed by atoms with Crippen LogP contribution in [0.4, 0.5) is 0 Å². The van der Waals surface area contributed by atoms with Crippen molar-refractivity contribution in [3.05, 3.63) is 0 Å². The number of aliphatic hydroxyl groups is 1. The molecule has 0 aromatic heterocycles. The molecule has 1 saturated carbocycles. The van der Waals surface area contributed by atoms with E-state index in [9.17, 15) is 5.11 Å². The molecule has 0 spiro atoms. The molecule has 14 heavy (non-hydrogen) atoms. The highest BCUT2D eigenvalue weighted by atomic mass is 16.3. The molecule has 1 aliphatic rings. The Morgan fingerprint density at radius 2 is 2.07 bits per heavy atom. The van der Waals surface area contributed by atoms with Crippen LogP contribution in [0.15, 0.2) is 0 Å². The molecule has 0 saturated heterocycles. The predicted octanol–water partition coefficient (Wildman–Crippen LogP) is 2.17. The van der Waals surface area contributed by atoms with Gasteiger partial charge in [-0.2, -0.15) is 0 Å². The lowest BCUT2D eigenvalue weighted by molar-refractivity contribution is 0.193. The SMILES string of the molecule is CCC(C)C(C)NC1CCCC1CO. The van der Waals surface area contributed by atoms with Crippen LogP contribution in [0.25, 0.3) is 0 Å². The average molecular weight is 199 g/mol. The van der Waals surface area contributed by atoms with Gasteiger partial charge in [-0.05, 0) is 31.6 Å². The topological polar surface area (TPSA) is 32.3 Å². The summed E-state index contributed by atoms with van der Waals surface area (Å²) in [6.45, 7) is 7.15. The fourth-order valence-corrected chi connectivity index (χ4v) is 2.33. The van der Waals surface area contributed by atoms with Crippen molar-refractivity contribution in [3.8, 4) is 0 Å². The van der Waals surface area contributed by atoms with Gasteiger partial charge in [0.15, 0.2) is 0 Å². The van der Waals surface area contributed by atoms with Gasteiger partial charge in [0.1, 0.15) is 0 Å². The van der Waals surface area contributed by atoms with E-state index in [1.165, 1.54) is 25.7 Å². The second kappa shape index (κ2) is 5.72. The van der Waals surface area contributed by atoms with E-state index in [4.69, 9.17) is 0 Å². The van der Waals surface area contributed by atoms with Crippen LogP contribution in [0.1, 0.15) is 46.5 Å². The quantitative estimate of drug-likeness (QED) is 0.711. The van der Waals surface area contributed by atoms with E-state index in [1.54, 1.807) is 0 Å². The predicted molar refractivity (Wildman–Crippen MR) is 60.3 cm³/mol. The van der Waals surface area contributed by atoms with E-state index >= 15 is 0 Å². The van der Waals surface area contributed by atoms with Crippen molar-refractivity contribution in [2.24, 2.45) is 11.8 Å². The van der Waals surface area contributed by atoms with Gasteiger partial charge in [0.05, 0.1) is 0 Å². The third-order valence-electron chi connectivity index (χ3n) is 3.87. The summed E-state index contributed by atoms with van der Waals surface area (Å²) in [5.74, 6) is 1.23. The highest BCUT2D eigenvalue weighted by Gasteiger charge is 2.28. The van der Waals surface area contributed by atoms with Gasteiger partial charge in [-0.1, -0.05) is 26.7 Å². The first-order valence-corrected chi connectivity index (χ1v) is 6.06. The first-order chi connectivity index (χ1) is 6.69. The standard InChI is InChI=1S/C12H25NO/c1-4-9(2)10(3)13-12-7-5-6-11(12)8-14/h9-14H,4-8H2,1-3H3. The summed E-state index contributed by atoms with van der Waals surface area (Å²) >= 11 is 0. The van der Waals surface area contributed by atoms with Crippen LogP contribution < -0.4 is 5.32 Å². The molecule has 0 radical (unpaired) electrons. The molecule has 1 rings (SSSR count). The smallest absolute Gasteiger partial charge is 0.0474 e. The zero-order valence-corrected chi connectivity index (χ0v) is 9.79. The third-order valence-corrected chi connectivity index (χ3v) is 3.87. The molecular formula is C12H25NO. The van der Waals surface area contributed by atoms with Gasteiger partial charge in [-0.25, -0.2) is 0 Å². The summed E-state index contributed by atoms with van der Waals surface area (Å²) < 4.78 is 0. The summed E-state index contributed by atoms with van der Waals surface area (Å²) in [5.41, 5.74) is 0. The number of nitrogens with one attached hydrogen (secondary N) is 1. The Labute approximate surface area is 88.1 Å². The summed E-state index contributed by atoms with van der Waals surface area (Å²) in [5, 5.41) is 12.9. The van der Waals surface area contributed by atoms with E-state index in [2.05, 4.69) is 26.1 Å². The van der Waals surface area contributed by atoms with Crippen LogP contribution in [-0.4, -0.2) is 23.8 Å². The lowest BCUT2D eigenvalue weighted by Crippen LogP contribution is -2.42. The van der Waals surface area contributed by atoms with Gasteiger partial charge < -0.3 is 10.4 Å². The summed E-state index contributed by atoms with van der Waals surface area (Å²) in [6.07, 6.45) is 4.94. The molecule has 0 heterocycles. The molecule has 0 aliphatic heterocycles. The highest BCUT2D eigenvalue weighted by Crippen LogP contribution is 2.26. The van der Waals surface area contributed by atoms with Gasteiger partial charge in [0, 0.05) is 18.7 Å². The molecule has 2 N–H and O–H groups in total. The van der Waals surface area contributed by atoms with Gasteiger partial charge in [0.2, 0.25) is 0 Å². The third kappa shape index (κ3) is 2.96. The zero-order valence-electron chi connectivity index (χ0n) is 9.79. The minimum Gasteiger partial charge on any atom is -0.396 e. The minimum atomic E-state index is 0.352. The van der Waals surface area contributed by atoms with E-state index < -0.39 is 0 Å². The largest absolute Gasteiger partial charge is 0.396 e. The van der Waals surface area contributed by atoms with Crippen LogP contribution in [-0.2, 0) is 0 Å². The first-order valence-electron chi connectivity index (χ1n) is 6.06. The Morgan fingerprint density at radius 1 is 1.36 bits per heavy atom. The molecule has 0 aromatic carbocycles. The second-order valence-electron chi connectivity index (χ2n) is 4.82. The molecule has 0 amide bonds. The van der Waals surface area contributed by atoms with Crippen molar-refractivity contribution in [2.45, 2.75) is 58.5 Å². The maximum absolute atomic E-state index is 9.21. The average Bonchev–Trinajstić information content (AvgIpc) is 2.63. The second-order valence-corrected chi connectivity index (χ2v) is 4.82. The van der Waals surface area contributed by atoms with Crippen LogP contribution in [0.2, 0.25) is 0 Å². The molecule has 1 aliphatic carbocycles. The molecule has 4 atom stereocenters. The fraction of sp³-hybridized carbons (Fsp3) is 1.00. The van der Waals surface area contributed by atoms with Gasteiger partial charge in [0.25, 0.3) is 0 Å². The Kier molecular flexibility index (Phi) is 4.90. The number of aliphatic hydroxyl groups excluding tert-OH is 1. The Balaban J connectivity index is 2.35. The summed E-state index contributed by atoms with van der Waals surface area (Å²) in [6, 6.07) is 1.14. The number of hydrogen-bond acceptors (Lipinski definition) is 2. The molecule has 4 unspecified atom stereocenters. The Bertz CT molecular complexity index is 160. The molecule has 84 valence electrons. The van der Waals surface area contributed by atoms with Crippen molar-refractivity contribution in [3.63, 3.8) is 0 Å². The van der Waals surface area contributed by atoms with E-state index in [1.807, 2.05) is 0 Å². The van der Waals surface area contributed by atoms with E-state index in [0.29, 0.717) is 24.6 Å². The van der Waals surface area contributed by atoms with Crippen molar-refractivity contribution in [2.75, 3.05) is 6.61 Å². The molecular weight excluding hydrogens is 174 g/mol. The van der Waals surface area contributed by atoms with Gasteiger partial charge in [-0.3, -0.25) is 0 Å². The fourth-order valence-electron chi connectivity index (χ4n) is 2.33. The van der Waals surface area contributed by atoms with Crippen molar-refractivity contribution in [1.29, 1.82) is 0 Å². The maximum atomic E-state index is 9.21. The molecule has 2 heteroatoms. The number of rotatable bonds is 5. The van der Waals surface area contributed by atoms with Gasteiger partial charge >= 0.3 is 0 Å². The van der Waals surface area contributed by atoms with Crippen molar-refractivity contribution >= 4 is 0 Å². The summed E-state index contributed by atoms with van der Waals surface area (Å²) in [7, 11) is 0. The molecule has 2 nitrogen and oxygen atoms in total. The summed E-state index contributed by atoms with van der Waals surface area (Å²) in [4.78, 5) is 0. The van der Waals surface area contributed by atoms with Gasteiger partial charge in [-0.15, -0.1) is 0 Å². The van der Waals surface area contributed by atoms with Crippen LogP contribution in [0.3, 0.4) is 0 Å². The lowest BCUT2D eigenvalue weighted by atomic mass is 9.97. The number of hydrogen-bond donors (Lipinski definition) is 2. The highest BCUT2D eigenvalue weighted by molar-refractivity contribution is 4.85. The molecule has 0 aromatic rings. The minimum absolute atomic E-state index is 0.352. The molecule has 1 fully saturated rings. The van der Waals surface area contributed by atoms with E-state index in [-0.39, 0.29) is 0 Å². The first kappa shape index (κ1) is 12.0. The van der Waals surface area contributed by atoms with Crippen LogP contribution in [0.5, 0.6) is 0 Å². The van der Waals surface area contributed by atoms with Crippen LogP contribution >= 0.6 is 0 Å². The normalized spacial score (nSPS) is 31.7. The van der Waals surface area contributed by atoms with Crippen molar-refractivity contribution in [1.82, 2.24) is 5.32 Å². The van der Waals surface area contributed by atoms with Crippen molar-refractivity contribution < 1.29 is 5.11 Å².